The first-order valence-corrected chi connectivity index (χ1v) is 9.90. The lowest BCUT2D eigenvalue weighted by Gasteiger charge is -2.11. The van der Waals surface area contributed by atoms with E-state index in [2.05, 4.69) is 10.4 Å². The van der Waals surface area contributed by atoms with Crippen molar-refractivity contribution in [3.05, 3.63) is 83.7 Å². The molecule has 0 atom stereocenters. The summed E-state index contributed by atoms with van der Waals surface area (Å²) in [5.74, 6) is -0.903. The van der Waals surface area contributed by atoms with Crippen molar-refractivity contribution in [2.24, 2.45) is 0 Å². The molecular weight excluding hydrogens is 378 g/mol. The van der Waals surface area contributed by atoms with Crippen molar-refractivity contribution in [2.75, 3.05) is 5.32 Å². The Balaban J connectivity index is 1.96. The predicted molar refractivity (Wildman–Crippen MR) is 118 cm³/mol. The van der Waals surface area contributed by atoms with E-state index in [1.165, 1.54) is 0 Å². The summed E-state index contributed by atoms with van der Waals surface area (Å²) < 4.78 is 6.87. The first kappa shape index (κ1) is 21.0. The van der Waals surface area contributed by atoms with Crippen LogP contribution in [0.3, 0.4) is 0 Å². The molecule has 0 bridgehead atoms. The lowest BCUT2D eigenvalue weighted by molar-refractivity contribution is -0.111. The second-order valence-electron chi connectivity index (χ2n) is 6.99. The zero-order valence-corrected chi connectivity index (χ0v) is 17.3. The molecule has 154 valence electrons. The number of hydrogen-bond acceptors (Lipinski definition) is 4. The number of nitrogens with zero attached hydrogens (tertiary/aromatic N) is 2. The van der Waals surface area contributed by atoms with Gasteiger partial charge in [0.05, 0.1) is 11.8 Å². The molecule has 6 nitrogen and oxygen atoms in total. The van der Waals surface area contributed by atoms with Crippen LogP contribution >= 0.6 is 0 Å². The van der Waals surface area contributed by atoms with E-state index in [1.807, 2.05) is 73.7 Å². The minimum absolute atomic E-state index is 0.0889. The number of esters is 1. The predicted octanol–water partition coefficient (Wildman–Crippen LogP) is 4.65. The molecule has 0 aliphatic carbocycles. The van der Waals surface area contributed by atoms with Gasteiger partial charge in [0, 0.05) is 18.3 Å². The SMILES string of the molecule is CCn1cc(NC(=O)/C(=C\c2ccccc2)c2ccccc2)c(C(=O)OC(C)C)n1. The first-order valence-electron chi connectivity index (χ1n) is 9.90. The summed E-state index contributed by atoms with van der Waals surface area (Å²) in [6, 6.07) is 19.0. The number of carbonyl (C=O) groups excluding carboxylic acids is 2. The smallest absolute Gasteiger partial charge is 0.361 e. The third kappa shape index (κ3) is 5.23. The monoisotopic (exact) mass is 403 g/mol. The zero-order valence-electron chi connectivity index (χ0n) is 17.3. The second kappa shape index (κ2) is 9.69. The first-order chi connectivity index (χ1) is 14.5. The van der Waals surface area contributed by atoms with Crippen LogP contribution in [0.15, 0.2) is 66.9 Å². The van der Waals surface area contributed by atoms with Gasteiger partial charge >= 0.3 is 5.97 Å². The molecule has 0 fully saturated rings. The molecule has 3 rings (SSSR count). The van der Waals surface area contributed by atoms with E-state index in [0.29, 0.717) is 17.8 Å². The van der Waals surface area contributed by atoms with Gasteiger partial charge in [-0.25, -0.2) is 4.79 Å². The highest BCUT2D eigenvalue weighted by atomic mass is 16.5. The van der Waals surface area contributed by atoms with E-state index >= 15 is 0 Å². The number of hydrogen-bond donors (Lipinski definition) is 1. The van der Waals surface area contributed by atoms with Gasteiger partial charge in [-0.1, -0.05) is 60.7 Å². The van der Waals surface area contributed by atoms with Crippen molar-refractivity contribution in [1.29, 1.82) is 0 Å². The summed E-state index contributed by atoms with van der Waals surface area (Å²) in [5, 5.41) is 7.11. The Morgan fingerprint density at radius 3 is 2.30 bits per heavy atom. The second-order valence-corrected chi connectivity index (χ2v) is 6.99. The number of ether oxygens (including phenoxy) is 1. The number of nitrogens with one attached hydrogen (secondary N) is 1. The minimum Gasteiger partial charge on any atom is -0.458 e. The van der Waals surface area contributed by atoms with Gasteiger partial charge in [-0.05, 0) is 38.0 Å². The van der Waals surface area contributed by atoms with Crippen LogP contribution in [0.4, 0.5) is 5.69 Å². The average Bonchev–Trinajstić information content (AvgIpc) is 3.16. The van der Waals surface area contributed by atoms with Gasteiger partial charge in [0.2, 0.25) is 0 Å². The molecule has 1 N–H and O–H groups in total. The lowest BCUT2D eigenvalue weighted by Crippen LogP contribution is -2.18. The van der Waals surface area contributed by atoms with E-state index in [4.69, 9.17) is 4.74 Å². The van der Waals surface area contributed by atoms with Gasteiger partial charge in [0.15, 0.2) is 5.69 Å². The lowest BCUT2D eigenvalue weighted by atomic mass is 10.0. The molecule has 0 unspecified atom stereocenters. The van der Waals surface area contributed by atoms with Crippen LogP contribution in [-0.4, -0.2) is 27.8 Å². The summed E-state index contributed by atoms with van der Waals surface area (Å²) in [7, 11) is 0. The summed E-state index contributed by atoms with van der Waals surface area (Å²) >= 11 is 0. The fraction of sp³-hybridized carbons (Fsp3) is 0.208. The van der Waals surface area contributed by atoms with Crippen molar-refractivity contribution in [3.63, 3.8) is 0 Å². The highest BCUT2D eigenvalue weighted by Gasteiger charge is 2.22. The van der Waals surface area contributed by atoms with E-state index < -0.39 is 5.97 Å². The van der Waals surface area contributed by atoms with Crippen molar-refractivity contribution in [2.45, 2.75) is 33.4 Å². The summed E-state index contributed by atoms with van der Waals surface area (Å²) in [4.78, 5) is 25.7. The number of aryl methyl sites for hydroxylation is 1. The minimum atomic E-state index is -0.569. The molecule has 0 saturated heterocycles. The number of amides is 1. The van der Waals surface area contributed by atoms with E-state index in [0.717, 1.165) is 11.1 Å². The highest BCUT2D eigenvalue weighted by molar-refractivity contribution is 6.29. The van der Waals surface area contributed by atoms with E-state index in [1.54, 1.807) is 24.7 Å². The maximum atomic E-state index is 13.2. The molecule has 1 heterocycles. The average molecular weight is 403 g/mol. The summed E-state index contributed by atoms with van der Waals surface area (Å²) in [6.45, 7) is 6.00. The van der Waals surface area contributed by atoms with Gasteiger partial charge in [0.25, 0.3) is 5.91 Å². The fourth-order valence-electron chi connectivity index (χ4n) is 2.90. The maximum Gasteiger partial charge on any atom is 0.361 e. The van der Waals surface area contributed by atoms with E-state index in [-0.39, 0.29) is 17.7 Å². The zero-order chi connectivity index (χ0) is 21.5. The van der Waals surface area contributed by atoms with Crippen molar-refractivity contribution in [1.82, 2.24) is 9.78 Å². The molecule has 0 spiro atoms. The van der Waals surface area contributed by atoms with Crippen molar-refractivity contribution >= 4 is 29.2 Å². The molecule has 6 heteroatoms. The molecular formula is C24H25N3O3. The Morgan fingerprint density at radius 1 is 1.07 bits per heavy atom. The maximum absolute atomic E-state index is 13.2. The standard InChI is InChI=1S/C24H25N3O3/c1-4-27-16-21(22(26-27)24(29)30-17(2)3)25-23(28)20(19-13-9-6-10-14-19)15-18-11-7-5-8-12-18/h5-17H,4H2,1-3H3,(H,25,28)/b20-15-. The Bertz CT molecular complexity index is 1040. The summed E-state index contributed by atoms with van der Waals surface area (Å²) in [5.41, 5.74) is 2.56. The van der Waals surface area contributed by atoms with Crippen LogP contribution in [0.25, 0.3) is 11.6 Å². The van der Waals surface area contributed by atoms with Crippen LogP contribution < -0.4 is 5.32 Å². The van der Waals surface area contributed by atoms with Crippen LogP contribution in [0.2, 0.25) is 0 Å². The van der Waals surface area contributed by atoms with E-state index in [9.17, 15) is 9.59 Å². The molecule has 0 radical (unpaired) electrons. The van der Waals surface area contributed by atoms with Crippen LogP contribution in [0, 0.1) is 0 Å². The Hall–Kier alpha value is -3.67. The topological polar surface area (TPSA) is 73.2 Å². The largest absolute Gasteiger partial charge is 0.458 e. The number of carbonyl (C=O) groups is 2. The molecule has 1 amide bonds. The molecule has 1 aromatic heterocycles. The number of anilines is 1. The molecule has 0 saturated carbocycles. The fourth-order valence-corrected chi connectivity index (χ4v) is 2.90. The molecule has 0 aliphatic heterocycles. The highest BCUT2D eigenvalue weighted by Crippen LogP contribution is 2.23. The normalized spacial score (nSPS) is 11.4. The van der Waals surface area contributed by atoms with Crippen molar-refractivity contribution < 1.29 is 14.3 Å². The molecule has 2 aromatic carbocycles. The third-order valence-corrected chi connectivity index (χ3v) is 4.31. The number of aromatic nitrogens is 2. The number of benzene rings is 2. The van der Waals surface area contributed by atoms with Gasteiger partial charge in [-0.15, -0.1) is 0 Å². The molecule has 0 aliphatic rings. The van der Waals surface area contributed by atoms with Crippen LogP contribution in [-0.2, 0) is 16.1 Å². The summed E-state index contributed by atoms with van der Waals surface area (Å²) in [6.07, 6.45) is 3.17. The number of rotatable bonds is 7. The van der Waals surface area contributed by atoms with Gasteiger partial charge in [0.1, 0.15) is 0 Å². The Morgan fingerprint density at radius 2 is 1.70 bits per heavy atom. The van der Waals surface area contributed by atoms with Gasteiger partial charge in [-0.3, -0.25) is 9.48 Å². The van der Waals surface area contributed by atoms with Gasteiger partial charge < -0.3 is 10.1 Å². The Kier molecular flexibility index (Phi) is 6.80. The van der Waals surface area contributed by atoms with Crippen LogP contribution in [0.1, 0.15) is 42.4 Å². The van der Waals surface area contributed by atoms with Gasteiger partial charge in [-0.2, -0.15) is 5.10 Å². The molecule has 30 heavy (non-hydrogen) atoms. The van der Waals surface area contributed by atoms with Crippen molar-refractivity contribution in [3.8, 4) is 0 Å². The molecule has 3 aromatic rings. The van der Waals surface area contributed by atoms with Crippen LogP contribution in [0.5, 0.6) is 0 Å². The quantitative estimate of drug-likeness (QED) is 0.354. The Labute approximate surface area is 176 Å². The third-order valence-electron chi connectivity index (χ3n) is 4.31.